The quantitative estimate of drug-likeness (QED) is 0.799. The van der Waals surface area contributed by atoms with Crippen molar-refractivity contribution in [2.45, 2.75) is 26.7 Å². The van der Waals surface area contributed by atoms with Gasteiger partial charge in [-0.25, -0.2) is 0 Å². The van der Waals surface area contributed by atoms with E-state index in [0.717, 1.165) is 11.3 Å². The second kappa shape index (κ2) is 6.33. The molecule has 2 rings (SSSR count). The van der Waals surface area contributed by atoms with E-state index in [9.17, 15) is 4.79 Å². The number of ketones is 1. The number of rotatable bonds is 4. The molecule has 0 radical (unpaired) electrons. The fourth-order valence-electron chi connectivity index (χ4n) is 1.97. The first-order chi connectivity index (χ1) is 9.52. The van der Waals surface area contributed by atoms with Crippen molar-refractivity contribution >= 4 is 29.0 Å². The highest BCUT2D eigenvalue weighted by molar-refractivity contribution is 6.42. The molecule has 0 unspecified atom stereocenters. The van der Waals surface area contributed by atoms with Gasteiger partial charge in [-0.05, 0) is 31.0 Å². The third-order valence-corrected chi connectivity index (χ3v) is 3.87. The van der Waals surface area contributed by atoms with Gasteiger partial charge in [-0.3, -0.25) is 4.79 Å². The number of carbonyl (C=O) groups excluding carboxylic acids is 1. The molecule has 2 aromatic rings. The van der Waals surface area contributed by atoms with Crippen LogP contribution in [-0.2, 0) is 12.8 Å². The van der Waals surface area contributed by atoms with Gasteiger partial charge in [0.1, 0.15) is 0 Å². The van der Waals surface area contributed by atoms with Crippen LogP contribution in [0.3, 0.4) is 0 Å². The van der Waals surface area contributed by atoms with Gasteiger partial charge in [0.25, 0.3) is 0 Å². The summed E-state index contributed by atoms with van der Waals surface area (Å²) in [6, 6.07) is 7.06. The molecule has 0 aliphatic rings. The summed E-state index contributed by atoms with van der Waals surface area (Å²) in [4.78, 5) is 12.4. The molecule has 0 spiro atoms. The van der Waals surface area contributed by atoms with Crippen molar-refractivity contribution in [3.05, 3.63) is 56.8 Å². The largest absolute Gasteiger partial charge is 0.294 e. The van der Waals surface area contributed by atoms with Crippen molar-refractivity contribution < 1.29 is 4.79 Å². The molecule has 0 aliphatic carbocycles. The molecular formula is C15H14Cl2N2O. The molecule has 1 heterocycles. The van der Waals surface area contributed by atoms with Crippen molar-refractivity contribution in [2.24, 2.45) is 0 Å². The number of aromatic nitrogens is 2. The summed E-state index contributed by atoms with van der Waals surface area (Å²) in [5.74, 6) is -0.0241. The fraction of sp³-hybridized carbons (Fsp3) is 0.267. The first-order valence-electron chi connectivity index (χ1n) is 6.32. The average molecular weight is 309 g/mol. The maximum absolute atomic E-state index is 12.4. The number of hydrogen-bond donors (Lipinski definition) is 0. The van der Waals surface area contributed by atoms with Gasteiger partial charge >= 0.3 is 0 Å². The number of benzene rings is 1. The number of nitrogens with zero attached hydrogens (tertiary/aromatic N) is 2. The van der Waals surface area contributed by atoms with Crippen LogP contribution < -0.4 is 0 Å². The van der Waals surface area contributed by atoms with Crippen LogP contribution in [0, 0.1) is 6.92 Å². The molecule has 1 aromatic carbocycles. The van der Waals surface area contributed by atoms with Crippen LogP contribution >= 0.6 is 23.2 Å². The number of carbonyl (C=O) groups is 1. The lowest BCUT2D eigenvalue weighted by atomic mass is 10.0. The van der Waals surface area contributed by atoms with Crippen LogP contribution in [0.4, 0.5) is 0 Å². The molecule has 0 bridgehead atoms. The number of halogens is 2. The second-order valence-electron chi connectivity index (χ2n) is 4.51. The highest BCUT2D eigenvalue weighted by atomic mass is 35.5. The lowest BCUT2D eigenvalue weighted by Crippen LogP contribution is -2.10. The standard InChI is InChI=1S/C15H14Cl2N2O/c1-3-13-11(7-9(2)18-19-13)14(20)8-10-5-4-6-12(16)15(10)17/h4-7H,3,8H2,1-2H3. The Balaban J connectivity index is 2.33. The first-order valence-corrected chi connectivity index (χ1v) is 7.07. The zero-order valence-corrected chi connectivity index (χ0v) is 12.8. The molecule has 3 nitrogen and oxygen atoms in total. The summed E-state index contributed by atoms with van der Waals surface area (Å²) < 4.78 is 0. The summed E-state index contributed by atoms with van der Waals surface area (Å²) in [7, 11) is 0. The minimum absolute atomic E-state index is 0.0241. The van der Waals surface area contributed by atoms with Crippen LogP contribution in [0.5, 0.6) is 0 Å². The Hall–Kier alpha value is -1.45. The number of aryl methyl sites for hydroxylation is 2. The van der Waals surface area contributed by atoms with E-state index >= 15 is 0 Å². The maximum atomic E-state index is 12.4. The molecule has 0 amide bonds. The Kier molecular flexibility index (Phi) is 4.73. The van der Waals surface area contributed by atoms with E-state index in [-0.39, 0.29) is 12.2 Å². The predicted octanol–water partition coefficient (Wildman–Crippen LogP) is 4.08. The SMILES string of the molecule is CCc1nnc(C)cc1C(=O)Cc1cccc(Cl)c1Cl. The number of Topliss-reactive ketones (excluding diaryl/α,β-unsaturated/α-hetero) is 1. The summed E-state index contributed by atoms with van der Waals surface area (Å²) in [5, 5.41) is 8.94. The van der Waals surface area contributed by atoms with E-state index in [1.165, 1.54) is 0 Å². The van der Waals surface area contributed by atoms with E-state index in [1.807, 2.05) is 13.8 Å². The van der Waals surface area contributed by atoms with Crippen LogP contribution in [0.2, 0.25) is 10.0 Å². The van der Waals surface area contributed by atoms with Crippen LogP contribution in [0.15, 0.2) is 24.3 Å². The molecule has 1 aromatic heterocycles. The minimum Gasteiger partial charge on any atom is -0.294 e. The van der Waals surface area contributed by atoms with Gasteiger partial charge < -0.3 is 0 Å². The van der Waals surface area contributed by atoms with Gasteiger partial charge in [0, 0.05) is 12.0 Å². The van der Waals surface area contributed by atoms with Crippen molar-refractivity contribution in [3.8, 4) is 0 Å². The molecule has 0 fully saturated rings. The van der Waals surface area contributed by atoms with Gasteiger partial charge in [0.2, 0.25) is 0 Å². The lowest BCUT2D eigenvalue weighted by molar-refractivity contribution is 0.0991. The van der Waals surface area contributed by atoms with Crippen molar-refractivity contribution in [1.29, 1.82) is 0 Å². The molecule has 0 saturated carbocycles. The molecular weight excluding hydrogens is 295 g/mol. The van der Waals surface area contributed by atoms with Gasteiger partial charge in [0.05, 0.1) is 21.4 Å². The summed E-state index contributed by atoms with van der Waals surface area (Å²) in [5.41, 5.74) is 2.76. The van der Waals surface area contributed by atoms with Gasteiger partial charge in [-0.1, -0.05) is 42.3 Å². The molecule has 104 valence electrons. The smallest absolute Gasteiger partial charge is 0.169 e. The second-order valence-corrected chi connectivity index (χ2v) is 5.30. The van der Waals surface area contributed by atoms with Crippen LogP contribution in [-0.4, -0.2) is 16.0 Å². The highest BCUT2D eigenvalue weighted by Crippen LogP contribution is 2.26. The highest BCUT2D eigenvalue weighted by Gasteiger charge is 2.15. The predicted molar refractivity (Wildman–Crippen MR) is 80.6 cm³/mol. The Morgan fingerprint density at radius 3 is 2.70 bits per heavy atom. The van der Waals surface area contributed by atoms with Crippen molar-refractivity contribution in [1.82, 2.24) is 10.2 Å². The Labute approximate surface area is 127 Å². The van der Waals surface area contributed by atoms with Gasteiger partial charge in [-0.15, -0.1) is 0 Å². The summed E-state index contributed by atoms with van der Waals surface area (Å²) in [6.07, 6.45) is 0.870. The summed E-state index contributed by atoms with van der Waals surface area (Å²) >= 11 is 12.1. The third kappa shape index (κ3) is 3.17. The van der Waals surface area contributed by atoms with Gasteiger partial charge in [-0.2, -0.15) is 10.2 Å². The van der Waals surface area contributed by atoms with Gasteiger partial charge in [0.15, 0.2) is 5.78 Å². The van der Waals surface area contributed by atoms with Crippen LogP contribution in [0.1, 0.15) is 34.2 Å². The zero-order valence-electron chi connectivity index (χ0n) is 11.3. The normalized spacial score (nSPS) is 10.6. The summed E-state index contributed by atoms with van der Waals surface area (Å²) in [6.45, 7) is 3.76. The molecule has 20 heavy (non-hydrogen) atoms. The molecule has 0 N–H and O–H groups in total. The molecule has 0 aliphatic heterocycles. The third-order valence-electron chi connectivity index (χ3n) is 3.01. The fourth-order valence-corrected chi connectivity index (χ4v) is 2.36. The monoisotopic (exact) mass is 308 g/mol. The van der Waals surface area contributed by atoms with E-state index in [4.69, 9.17) is 23.2 Å². The van der Waals surface area contributed by atoms with E-state index in [0.29, 0.717) is 27.7 Å². The van der Waals surface area contributed by atoms with Crippen LogP contribution in [0.25, 0.3) is 0 Å². The zero-order chi connectivity index (χ0) is 14.7. The van der Waals surface area contributed by atoms with E-state index in [1.54, 1.807) is 24.3 Å². The number of hydrogen-bond acceptors (Lipinski definition) is 3. The molecule has 5 heteroatoms. The van der Waals surface area contributed by atoms with E-state index in [2.05, 4.69) is 10.2 Å². The Morgan fingerprint density at radius 2 is 2.00 bits per heavy atom. The van der Waals surface area contributed by atoms with Crippen molar-refractivity contribution in [2.75, 3.05) is 0 Å². The lowest BCUT2D eigenvalue weighted by Gasteiger charge is -2.08. The minimum atomic E-state index is -0.0241. The Bertz CT molecular complexity index is 656. The topological polar surface area (TPSA) is 42.9 Å². The van der Waals surface area contributed by atoms with Crippen molar-refractivity contribution in [3.63, 3.8) is 0 Å². The first kappa shape index (κ1) is 14.9. The van der Waals surface area contributed by atoms with E-state index < -0.39 is 0 Å². The maximum Gasteiger partial charge on any atom is 0.169 e. The Morgan fingerprint density at radius 1 is 1.25 bits per heavy atom. The molecule has 0 saturated heterocycles. The average Bonchev–Trinajstić information content (AvgIpc) is 2.43. The molecule has 0 atom stereocenters.